The van der Waals surface area contributed by atoms with Gasteiger partial charge in [0.05, 0.1) is 13.0 Å². The molecule has 1 N–H and O–H groups in total. The Morgan fingerprint density at radius 2 is 1.71 bits per heavy atom. The summed E-state index contributed by atoms with van der Waals surface area (Å²) in [6, 6.07) is 13.7. The lowest BCUT2D eigenvalue weighted by molar-refractivity contribution is -0.145. The Hall–Kier alpha value is -3.13. The topological polar surface area (TPSA) is 71.1 Å². The summed E-state index contributed by atoms with van der Waals surface area (Å²) in [5.41, 5.74) is 1.84. The number of hydrogen-bond acceptors (Lipinski definition) is 5. The van der Waals surface area contributed by atoms with Crippen LogP contribution in [0.25, 0.3) is 0 Å². The first-order valence-corrected chi connectivity index (χ1v) is 11.6. The molecule has 1 unspecified atom stereocenters. The van der Waals surface area contributed by atoms with Crippen molar-refractivity contribution in [1.82, 2.24) is 15.1 Å². The van der Waals surface area contributed by atoms with Gasteiger partial charge >= 0.3 is 12.0 Å². The lowest BCUT2D eigenvalue weighted by Crippen LogP contribution is -2.49. The molecule has 2 aromatic carbocycles. The predicted molar refractivity (Wildman–Crippen MR) is 128 cm³/mol. The van der Waals surface area contributed by atoms with E-state index in [1.165, 1.54) is 19.2 Å². The van der Waals surface area contributed by atoms with Crippen LogP contribution < -0.4 is 10.1 Å². The molecule has 1 atom stereocenters. The minimum atomic E-state index is -0.351. The number of carbonyl (C=O) groups is 2. The molecule has 0 radical (unpaired) electrons. The molecule has 1 aliphatic heterocycles. The first-order valence-electron chi connectivity index (χ1n) is 11.6. The van der Waals surface area contributed by atoms with E-state index in [0.717, 1.165) is 37.1 Å². The van der Waals surface area contributed by atoms with Gasteiger partial charge < -0.3 is 24.6 Å². The normalized spacial score (nSPS) is 15.4. The summed E-state index contributed by atoms with van der Waals surface area (Å²) in [5.74, 6) is -0.300. The van der Waals surface area contributed by atoms with Gasteiger partial charge in [0.1, 0.15) is 18.2 Å². The molecule has 8 heteroatoms. The van der Waals surface area contributed by atoms with Crippen LogP contribution in [0.1, 0.15) is 30.9 Å². The molecule has 0 aliphatic carbocycles. The molecule has 0 bridgehead atoms. The number of esters is 1. The van der Waals surface area contributed by atoms with Gasteiger partial charge in [-0.3, -0.25) is 4.79 Å². The van der Waals surface area contributed by atoms with Gasteiger partial charge in [-0.1, -0.05) is 24.3 Å². The molecule has 0 aromatic heterocycles. The van der Waals surface area contributed by atoms with Gasteiger partial charge in [-0.15, -0.1) is 0 Å². The summed E-state index contributed by atoms with van der Waals surface area (Å²) in [6.07, 6.45) is 1.81. The van der Waals surface area contributed by atoms with Crippen LogP contribution in [0.5, 0.6) is 5.75 Å². The average Bonchev–Trinajstić information content (AvgIpc) is 2.86. The van der Waals surface area contributed by atoms with Crippen molar-refractivity contribution >= 4 is 12.0 Å². The molecule has 34 heavy (non-hydrogen) atoms. The van der Waals surface area contributed by atoms with Gasteiger partial charge in [0, 0.05) is 19.1 Å². The van der Waals surface area contributed by atoms with Gasteiger partial charge in [-0.05, 0) is 75.3 Å². The molecule has 0 spiro atoms. The highest BCUT2D eigenvalue weighted by Gasteiger charge is 2.27. The lowest BCUT2D eigenvalue weighted by Gasteiger charge is -2.37. The monoisotopic (exact) mass is 471 g/mol. The van der Waals surface area contributed by atoms with Crippen molar-refractivity contribution in [3.63, 3.8) is 0 Å². The molecule has 1 fully saturated rings. The maximum Gasteiger partial charge on any atom is 0.318 e. The van der Waals surface area contributed by atoms with E-state index in [2.05, 4.69) is 17.3 Å². The van der Waals surface area contributed by atoms with E-state index in [4.69, 9.17) is 9.47 Å². The summed E-state index contributed by atoms with van der Waals surface area (Å²) in [5, 5.41) is 3.03. The third-order valence-corrected chi connectivity index (χ3v) is 6.13. The number of amides is 2. The number of piperidine rings is 1. The molecule has 2 amide bonds. The maximum atomic E-state index is 13.3. The summed E-state index contributed by atoms with van der Waals surface area (Å²) < 4.78 is 23.7. The van der Waals surface area contributed by atoms with Crippen molar-refractivity contribution < 1.29 is 23.5 Å². The minimum Gasteiger partial charge on any atom is -0.493 e. The number of carbonyl (C=O) groups excluding carboxylic acids is 2. The lowest BCUT2D eigenvalue weighted by atomic mass is 10.0. The number of halogens is 1. The fraction of sp³-hybridized carbons (Fsp3) is 0.462. The molecule has 7 nitrogen and oxygen atoms in total. The van der Waals surface area contributed by atoms with Gasteiger partial charge in [-0.2, -0.15) is 0 Å². The van der Waals surface area contributed by atoms with E-state index in [-0.39, 0.29) is 36.4 Å². The molecule has 1 saturated heterocycles. The van der Waals surface area contributed by atoms with Crippen molar-refractivity contribution in [3.05, 3.63) is 65.5 Å². The fourth-order valence-corrected chi connectivity index (χ4v) is 3.93. The third-order valence-electron chi connectivity index (χ3n) is 6.13. The van der Waals surface area contributed by atoms with E-state index in [1.54, 1.807) is 19.1 Å². The van der Waals surface area contributed by atoms with Gasteiger partial charge in [0.25, 0.3) is 0 Å². The van der Waals surface area contributed by atoms with Crippen molar-refractivity contribution in [2.45, 2.75) is 38.9 Å². The zero-order valence-electron chi connectivity index (χ0n) is 20.1. The van der Waals surface area contributed by atoms with Crippen LogP contribution in [0.4, 0.5) is 9.18 Å². The first-order chi connectivity index (χ1) is 16.4. The first kappa shape index (κ1) is 25.5. The van der Waals surface area contributed by atoms with E-state index in [1.807, 2.05) is 29.2 Å². The highest BCUT2D eigenvalue weighted by Crippen LogP contribution is 2.20. The Labute approximate surface area is 200 Å². The van der Waals surface area contributed by atoms with Crippen molar-refractivity contribution in [1.29, 1.82) is 0 Å². The Morgan fingerprint density at radius 1 is 1.09 bits per heavy atom. The number of rotatable bonds is 9. The maximum absolute atomic E-state index is 13.3. The third kappa shape index (κ3) is 7.45. The molecule has 1 heterocycles. The summed E-state index contributed by atoms with van der Waals surface area (Å²) in [7, 11) is 3.44. The highest BCUT2D eigenvalue weighted by molar-refractivity contribution is 5.74. The Kier molecular flexibility index (Phi) is 9.27. The number of methoxy groups -OCH3 is 1. The summed E-state index contributed by atoms with van der Waals surface area (Å²) >= 11 is 0. The number of ether oxygens (including phenoxy) is 2. The minimum absolute atomic E-state index is 0.133. The van der Waals surface area contributed by atoms with Crippen molar-refractivity contribution in [2.24, 2.45) is 5.92 Å². The molecule has 184 valence electrons. The fourth-order valence-electron chi connectivity index (χ4n) is 3.93. The summed E-state index contributed by atoms with van der Waals surface area (Å²) in [4.78, 5) is 28.8. The van der Waals surface area contributed by atoms with Crippen LogP contribution in [-0.2, 0) is 22.6 Å². The second kappa shape index (κ2) is 12.4. The number of nitrogens with one attached hydrogen (secondary N) is 1. The van der Waals surface area contributed by atoms with E-state index in [0.29, 0.717) is 18.8 Å². The Balaban J connectivity index is 1.57. The SMILES string of the molecule is COC(=O)C(C)COc1ccc(CNC(=O)N(Cc2ccc(F)cc2)C2CCN(C)CC2)cc1. The Bertz CT molecular complexity index is 928. The standard InChI is InChI=1S/C26H34FN3O4/c1-19(25(31)33-3)18-34-24-10-6-20(7-11-24)16-28-26(32)30(23-12-14-29(2)15-13-23)17-21-4-8-22(27)9-5-21/h4-11,19,23H,12-18H2,1-3H3,(H,28,32). The molecule has 3 rings (SSSR count). The van der Waals surface area contributed by atoms with Crippen LogP contribution in [0, 0.1) is 11.7 Å². The van der Waals surface area contributed by atoms with Gasteiger partial charge in [0.15, 0.2) is 0 Å². The Morgan fingerprint density at radius 3 is 2.32 bits per heavy atom. The molecule has 1 aliphatic rings. The number of benzene rings is 2. The quantitative estimate of drug-likeness (QED) is 0.563. The van der Waals surface area contributed by atoms with E-state index in [9.17, 15) is 14.0 Å². The van der Waals surface area contributed by atoms with Crippen LogP contribution in [0.2, 0.25) is 0 Å². The van der Waals surface area contributed by atoms with Gasteiger partial charge in [-0.25, -0.2) is 9.18 Å². The predicted octanol–water partition coefficient (Wildman–Crippen LogP) is 3.82. The number of nitrogens with zero attached hydrogens (tertiary/aromatic N) is 2. The number of likely N-dealkylation sites (tertiary alicyclic amines) is 1. The largest absolute Gasteiger partial charge is 0.493 e. The highest BCUT2D eigenvalue weighted by atomic mass is 19.1. The summed E-state index contributed by atoms with van der Waals surface area (Å²) in [6.45, 7) is 4.67. The van der Waals surface area contributed by atoms with Crippen LogP contribution in [-0.4, -0.2) is 61.7 Å². The smallest absolute Gasteiger partial charge is 0.318 e. The van der Waals surface area contributed by atoms with Crippen LogP contribution >= 0.6 is 0 Å². The molecular formula is C26H34FN3O4. The van der Waals surface area contributed by atoms with E-state index < -0.39 is 0 Å². The average molecular weight is 472 g/mol. The molecular weight excluding hydrogens is 437 g/mol. The van der Waals surface area contributed by atoms with Crippen LogP contribution in [0.3, 0.4) is 0 Å². The van der Waals surface area contributed by atoms with E-state index >= 15 is 0 Å². The van der Waals surface area contributed by atoms with Crippen LogP contribution in [0.15, 0.2) is 48.5 Å². The number of urea groups is 1. The zero-order valence-corrected chi connectivity index (χ0v) is 20.1. The van der Waals surface area contributed by atoms with Gasteiger partial charge in [0.2, 0.25) is 0 Å². The molecule has 2 aromatic rings. The second-order valence-electron chi connectivity index (χ2n) is 8.83. The molecule has 0 saturated carbocycles. The van der Waals surface area contributed by atoms with Crippen molar-refractivity contribution in [2.75, 3.05) is 33.9 Å². The van der Waals surface area contributed by atoms with Crippen molar-refractivity contribution in [3.8, 4) is 5.75 Å². The zero-order chi connectivity index (χ0) is 24.5. The second-order valence-corrected chi connectivity index (χ2v) is 8.83. The number of hydrogen-bond donors (Lipinski definition) is 1.